The Morgan fingerprint density at radius 3 is 2.64 bits per heavy atom. The van der Waals surface area contributed by atoms with Crippen LogP contribution in [0.25, 0.3) is 0 Å². The summed E-state index contributed by atoms with van der Waals surface area (Å²) >= 11 is 0. The number of nitrogens with zero attached hydrogens (tertiary/aromatic N) is 3. The lowest BCUT2D eigenvalue weighted by Crippen LogP contribution is -2.39. The molecule has 0 spiro atoms. The Morgan fingerprint density at radius 2 is 1.96 bits per heavy atom. The van der Waals surface area contributed by atoms with Crippen LogP contribution < -0.4 is 10.1 Å². The van der Waals surface area contributed by atoms with Crippen molar-refractivity contribution in [2.45, 2.75) is 32.2 Å². The van der Waals surface area contributed by atoms with Crippen molar-refractivity contribution in [2.24, 2.45) is 4.99 Å². The third-order valence-corrected chi connectivity index (χ3v) is 4.56. The van der Waals surface area contributed by atoms with Gasteiger partial charge >= 0.3 is 0 Å². The lowest BCUT2D eigenvalue weighted by molar-refractivity contribution is 0.329. The quantitative estimate of drug-likeness (QED) is 0.280. The van der Waals surface area contributed by atoms with Crippen molar-refractivity contribution < 1.29 is 4.74 Å². The summed E-state index contributed by atoms with van der Waals surface area (Å²) in [5, 5.41) is 3.47. The fourth-order valence-electron chi connectivity index (χ4n) is 3.22. The first-order valence-corrected chi connectivity index (χ1v) is 9.00. The van der Waals surface area contributed by atoms with Gasteiger partial charge in [-0.1, -0.05) is 18.2 Å². The van der Waals surface area contributed by atoms with Gasteiger partial charge in [-0.3, -0.25) is 4.99 Å². The van der Waals surface area contributed by atoms with Gasteiger partial charge in [-0.05, 0) is 51.4 Å². The van der Waals surface area contributed by atoms with Gasteiger partial charge in [0.15, 0.2) is 5.96 Å². The Labute approximate surface area is 169 Å². The molecular formula is C19H33IN4O. The zero-order valence-electron chi connectivity index (χ0n) is 15.8. The van der Waals surface area contributed by atoms with Crippen LogP contribution >= 0.6 is 24.0 Å². The molecule has 25 heavy (non-hydrogen) atoms. The first kappa shape index (κ1) is 22.0. The van der Waals surface area contributed by atoms with E-state index in [1.165, 1.54) is 50.9 Å². The van der Waals surface area contributed by atoms with E-state index in [0.717, 1.165) is 24.8 Å². The van der Waals surface area contributed by atoms with Crippen molar-refractivity contribution in [3.63, 3.8) is 0 Å². The minimum atomic E-state index is 0. The molecule has 6 heteroatoms. The van der Waals surface area contributed by atoms with E-state index in [4.69, 9.17) is 4.74 Å². The number of aliphatic imine (C=N–C) groups is 1. The van der Waals surface area contributed by atoms with Gasteiger partial charge in [0.2, 0.25) is 0 Å². The Balaban J connectivity index is 0.00000312. The molecule has 0 unspecified atom stereocenters. The molecule has 1 fully saturated rings. The van der Waals surface area contributed by atoms with Crippen molar-refractivity contribution >= 4 is 29.9 Å². The monoisotopic (exact) mass is 460 g/mol. The van der Waals surface area contributed by atoms with Crippen LogP contribution in [-0.2, 0) is 6.54 Å². The Bertz CT molecular complexity index is 518. The van der Waals surface area contributed by atoms with Gasteiger partial charge in [0.25, 0.3) is 0 Å². The zero-order chi connectivity index (χ0) is 17.2. The molecule has 0 saturated carbocycles. The second-order valence-corrected chi connectivity index (χ2v) is 6.40. The van der Waals surface area contributed by atoms with E-state index in [-0.39, 0.29) is 24.0 Å². The number of benzene rings is 1. The molecule has 142 valence electrons. The molecule has 1 N–H and O–H groups in total. The lowest BCUT2D eigenvalue weighted by Gasteiger charge is -2.23. The minimum Gasteiger partial charge on any atom is -0.496 e. The fraction of sp³-hybridized carbons (Fsp3) is 0.632. The van der Waals surface area contributed by atoms with E-state index in [1.54, 1.807) is 7.11 Å². The number of ether oxygens (including phenoxy) is 1. The van der Waals surface area contributed by atoms with Crippen LogP contribution in [0.4, 0.5) is 0 Å². The number of guanidine groups is 1. The first-order chi connectivity index (χ1) is 11.7. The van der Waals surface area contributed by atoms with Crippen LogP contribution in [0.15, 0.2) is 29.3 Å². The van der Waals surface area contributed by atoms with Crippen LogP contribution in [0.3, 0.4) is 0 Å². The summed E-state index contributed by atoms with van der Waals surface area (Å²) < 4.78 is 5.43. The van der Waals surface area contributed by atoms with Crippen molar-refractivity contribution in [3.05, 3.63) is 29.8 Å². The molecule has 1 aromatic rings. The molecule has 5 nitrogen and oxygen atoms in total. The van der Waals surface area contributed by atoms with Crippen molar-refractivity contribution in [2.75, 3.05) is 47.4 Å². The smallest absolute Gasteiger partial charge is 0.193 e. The van der Waals surface area contributed by atoms with Gasteiger partial charge in [-0.2, -0.15) is 0 Å². The van der Waals surface area contributed by atoms with Gasteiger partial charge in [0.1, 0.15) is 5.75 Å². The van der Waals surface area contributed by atoms with E-state index in [0.29, 0.717) is 0 Å². The maximum absolute atomic E-state index is 5.43. The number of hydrogen-bond donors (Lipinski definition) is 1. The standard InChI is InChI=1S/C19H32N4O.HI/c1-20-19(21-12-6-7-13-23-14-8-9-15-23)22(2)16-17-10-4-5-11-18(17)24-3;/h4-5,10-11H,6-9,12-16H2,1-3H3,(H,20,21);1H. The summed E-state index contributed by atoms with van der Waals surface area (Å²) in [6.07, 6.45) is 5.18. The number of hydrogen-bond acceptors (Lipinski definition) is 3. The highest BCUT2D eigenvalue weighted by Gasteiger charge is 2.11. The van der Waals surface area contributed by atoms with Gasteiger partial charge in [0, 0.05) is 32.7 Å². The molecule has 0 atom stereocenters. The molecule has 1 heterocycles. The van der Waals surface area contributed by atoms with Crippen molar-refractivity contribution in [3.8, 4) is 5.75 Å². The number of nitrogens with one attached hydrogen (secondary N) is 1. The largest absolute Gasteiger partial charge is 0.496 e. The van der Waals surface area contributed by atoms with E-state index >= 15 is 0 Å². The third-order valence-electron chi connectivity index (χ3n) is 4.56. The van der Waals surface area contributed by atoms with Crippen LogP contribution in [0.1, 0.15) is 31.2 Å². The van der Waals surface area contributed by atoms with E-state index < -0.39 is 0 Å². The summed E-state index contributed by atoms with van der Waals surface area (Å²) in [6.45, 7) is 5.55. The molecular weight excluding hydrogens is 427 g/mol. The maximum atomic E-state index is 5.43. The highest BCUT2D eigenvalue weighted by molar-refractivity contribution is 14.0. The molecule has 1 aromatic carbocycles. The van der Waals surface area contributed by atoms with E-state index in [1.807, 2.05) is 25.2 Å². The lowest BCUT2D eigenvalue weighted by atomic mass is 10.2. The molecule has 0 bridgehead atoms. The average Bonchev–Trinajstić information content (AvgIpc) is 3.12. The summed E-state index contributed by atoms with van der Waals surface area (Å²) in [7, 11) is 5.61. The number of likely N-dealkylation sites (tertiary alicyclic amines) is 1. The third kappa shape index (κ3) is 7.40. The number of rotatable bonds is 8. The van der Waals surface area contributed by atoms with Gasteiger partial charge in [-0.25, -0.2) is 0 Å². The minimum absolute atomic E-state index is 0. The zero-order valence-corrected chi connectivity index (χ0v) is 18.2. The predicted octanol–water partition coefficient (Wildman–Crippen LogP) is 3.20. The number of halogens is 1. The van der Waals surface area contributed by atoms with Crippen LogP contribution in [0.2, 0.25) is 0 Å². The fourth-order valence-corrected chi connectivity index (χ4v) is 3.22. The second kappa shape index (κ2) is 12.4. The van der Waals surface area contributed by atoms with Crippen molar-refractivity contribution in [1.82, 2.24) is 15.1 Å². The Kier molecular flexibility index (Phi) is 10.9. The van der Waals surface area contributed by atoms with E-state index in [2.05, 4.69) is 33.2 Å². The Morgan fingerprint density at radius 1 is 1.24 bits per heavy atom. The summed E-state index contributed by atoms with van der Waals surface area (Å²) in [4.78, 5) is 9.10. The maximum Gasteiger partial charge on any atom is 0.193 e. The molecule has 0 radical (unpaired) electrons. The molecule has 1 saturated heterocycles. The average molecular weight is 460 g/mol. The van der Waals surface area contributed by atoms with Crippen molar-refractivity contribution in [1.29, 1.82) is 0 Å². The van der Waals surface area contributed by atoms with Gasteiger partial charge in [-0.15, -0.1) is 24.0 Å². The topological polar surface area (TPSA) is 40.1 Å². The molecule has 1 aliphatic heterocycles. The van der Waals surface area contributed by atoms with Crippen LogP contribution in [-0.4, -0.2) is 63.1 Å². The van der Waals surface area contributed by atoms with Crippen LogP contribution in [0.5, 0.6) is 5.75 Å². The molecule has 0 amide bonds. The predicted molar refractivity (Wildman–Crippen MR) is 116 cm³/mol. The second-order valence-electron chi connectivity index (χ2n) is 6.40. The highest BCUT2D eigenvalue weighted by atomic mass is 127. The molecule has 0 aliphatic carbocycles. The summed E-state index contributed by atoms with van der Waals surface area (Å²) in [5.41, 5.74) is 1.17. The highest BCUT2D eigenvalue weighted by Crippen LogP contribution is 2.18. The number of unbranched alkanes of at least 4 members (excludes halogenated alkanes) is 1. The molecule has 2 rings (SSSR count). The summed E-state index contributed by atoms with van der Waals surface area (Å²) in [6, 6.07) is 8.13. The van der Waals surface area contributed by atoms with Gasteiger partial charge < -0.3 is 19.9 Å². The number of para-hydroxylation sites is 1. The molecule has 0 aromatic heterocycles. The molecule has 1 aliphatic rings. The number of methoxy groups -OCH3 is 1. The normalized spacial score (nSPS) is 14.9. The SMILES string of the molecule is CN=C(NCCCCN1CCCC1)N(C)Cc1ccccc1OC.I. The Hall–Kier alpha value is -1.02. The van der Waals surface area contributed by atoms with Gasteiger partial charge in [0.05, 0.1) is 7.11 Å². The van der Waals surface area contributed by atoms with Crippen LogP contribution in [0, 0.1) is 0 Å². The summed E-state index contributed by atoms with van der Waals surface area (Å²) in [5.74, 6) is 1.85. The van der Waals surface area contributed by atoms with E-state index in [9.17, 15) is 0 Å². The first-order valence-electron chi connectivity index (χ1n) is 9.00.